The Balaban J connectivity index is 2.97. The topological polar surface area (TPSA) is 52.6 Å². The number of rotatable bonds is 5. The average molecular weight is 412 g/mol. The van der Waals surface area contributed by atoms with Gasteiger partial charge in [0.1, 0.15) is 5.82 Å². The van der Waals surface area contributed by atoms with Crippen LogP contribution in [0.5, 0.6) is 0 Å². The quantitative estimate of drug-likeness (QED) is 0.245. The van der Waals surface area contributed by atoms with Gasteiger partial charge in [-0.3, -0.25) is 9.59 Å². The summed E-state index contributed by atoms with van der Waals surface area (Å²) < 4.78 is 107. The summed E-state index contributed by atoms with van der Waals surface area (Å²) in [6, 6.07) is 0. The summed E-state index contributed by atoms with van der Waals surface area (Å²) >= 11 is 0. The first kappa shape index (κ1) is 21.5. The van der Waals surface area contributed by atoms with Crippen LogP contribution < -0.4 is 0 Å². The lowest BCUT2D eigenvalue weighted by Crippen LogP contribution is -2.28. The second-order valence-corrected chi connectivity index (χ2v) is 5.30. The molecular weight excluding hydrogens is 401 g/mol. The van der Waals surface area contributed by atoms with Gasteiger partial charge >= 0.3 is 11.9 Å². The monoisotopic (exact) mass is 412 g/mol. The predicted octanol–water partition coefficient (Wildman–Crippen LogP) is 4.02. The third-order valence-corrected chi connectivity index (χ3v) is 3.70. The van der Waals surface area contributed by atoms with Crippen LogP contribution in [0, 0.1) is 40.7 Å². The molecule has 0 aliphatic rings. The van der Waals surface area contributed by atoms with Crippen molar-refractivity contribution in [3.05, 3.63) is 46.3 Å². The molecule has 0 atom stereocenters. The molecule has 0 aromatic heterocycles. The van der Waals surface area contributed by atoms with E-state index >= 15 is 0 Å². The maximum absolute atomic E-state index is 14.8. The number of ether oxygens (including phenoxy) is 2. The van der Waals surface area contributed by atoms with E-state index in [1.54, 1.807) is 0 Å². The zero-order valence-electron chi connectivity index (χ0n) is 14.3. The summed E-state index contributed by atoms with van der Waals surface area (Å²) in [5.41, 5.74) is -1.69. The van der Waals surface area contributed by atoms with Gasteiger partial charge in [0.2, 0.25) is 0 Å². The molecule has 0 heterocycles. The lowest BCUT2D eigenvalue weighted by Gasteiger charge is -2.18. The lowest BCUT2D eigenvalue weighted by atomic mass is 9.93. The number of carbonyl (C=O) groups excluding carboxylic acids is 2. The van der Waals surface area contributed by atoms with E-state index in [4.69, 9.17) is 0 Å². The molecule has 152 valence electrons. The van der Waals surface area contributed by atoms with E-state index in [1.165, 1.54) is 13.8 Å². The van der Waals surface area contributed by atoms with Crippen LogP contribution in [0.3, 0.4) is 0 Å². The van der Waals surface area contributed by atoms with Crippen molar-refractivity contribution in [3.63, 3.8) is 0 Å². The fourth-order valence-corrected chi connectivity index (χ4v) is 2.54. The number of hydrogen-bond acceptors (Lipinski definition) is 4. The van der Waals surface area contributed by atoms with Gasteiger partial charge in [-0.1, -0.05) is 0 Å². The van der Waals surface area contributed by atoms with Crippen LogP contribution in [-0.2, 0) is 19.1 Å². The fraction of sp³-hybridized carbons (Fsp3) is 0.294. The summed E-state index contributed by atoms with van der Waals surface area (Å²) in [6.45, 7) is 1.83. The molecule has 0 radical (unpaired) electrons. The van der Waals surface area contributed by atoms with Crippen molar-refractivity contribution in [1.82, 2.24) is 0 Å². The number of benzene rings is 2. The Hall–Kier alpha value is -2.85. The zero-order chi connectivity index (χ0) is 21.3. The Morgan fingerprint density at radius 1 is 0.643 bits per heavy atom. The van der Waals surface area contributed by atoms with Gasteiger partial charge in [0, 0.05) is 0 Å². The summed E-state index contributed by atoms with van der Waals surface area (Å²) in [5, 5.41) is -3.68. The molecule has 0 N–H and O–H groups in total. The van der Waals surface area contributed by atoms with Crippen LogP contribution in [0.15, 0.2) is 0 Å². The van der Waals surface area contributed by atoms with Crippen molar-refractivity contribution < 1.29 is 49.8 Å². The molecule has 0 amide bonds. The van der Waals surface area contributed by atoms with Gasteiger partial charge in [-0.15, -0.1) is 0 Å². The highest BCUT2D eigenvalue weighted by Crippen LogP contribution is 2.37. The Bertz CT molecular complexity index is 957. The van der Waals surface area contributed by atoms with Crippen LogP contribution >= 0.6 is 0 Å². The Morgan fingerprint density at radius 3 is 1.39 bits per heavy atom. The molecule has 0 fully saturated rings. The van der Waals surface area contributed by atoms with Gasteiger partial charge in [0.05, 0.1) is 29.5 Å². The first-order valence-corrected chi connectivity index (χ1v) is 7.75. The molecule has 28 heavy (non-hydrogen) atoms. The molecule has 2 aromatic carbocycles. The first-order valence-electron chi connectivity index (χ1n) is 7.75. The van der Waals surface area contributed by atoms with E-state index in [0.29, 0.717) is 0 Å². The largest absolute Gasteiger partial charge is 0.465 e. The molecular formula is C17H11F7O4. The predicted molar refractivity (Wildman–Crippen MR) is 79.7 cm³/mol. The minimum Gasteiger partial charge on any atom is -0.465 e. The van der Waals surface area contributed by atoms with E-state index in [1.807, 2.05) is 0 Å². The van der Waals surface area contributed by atoms with E-state index in [9.17, 15) is 40.3 Å². The SMILES string of the molecule is CCOC(=O)C(C(=O)OCC)c1c(F)c(F)c2c(F)c(F)c(F)c(F)c2c1F. The van der Waals surface area contributed by atoms with E-state index in [2.05, 4.69) is 9.47 Å². The van der Waals surface area contributed by atoms with Gasteiger partial charge in [-0.05, 0) is 13.8 Å². The Morgan fingerprint density at radius 2 is 1.00 bits per heavy atom. The highest BCUT2D eigenvalue weighted by atomic mass is 19.2. The third-order valence-electron chi connectivity index (χ3n) is 3.70. The molecule has 0 aliphatic heterocycles. The molecule has 0 spiro atoms. The van der Waals surface area contributed by atoms with Gasteiger partial charge in [0.25, 0.3) is 0 Å². The number of esters is 2. The maximum atomic E-state index is 14.8. The minimum atomic E-state index is -2.56. The van der Waals surface area contributed by atoms with Crippen molar-refractivity contribution in [2.75, 3.05) is 13.2 Å². The molecule has 0 bridgehead atoms. The number of carbonyl (C=O) groups is 2. The first-order chi connectivity index (χ1) is 13.1. The Labute approximate surface area is 152 Å². The molecule has 0 saturated carbocycles. The molecule has 0 aliphatic carbocycles. The maximum Gasteiger partial charge on any atom is 0.325 e. The smallest absolute Gasteiger partial charge is 0.325 e. The lowest BCUT2D eigenvalue weighted by molar-refractivity contribution is -0.157. The summed E-state index contributed by atoms with van der Waals surface area (Å²) in [5.74, 6) is -22.3. The normalized spacial score (nSPS) is 11.2. The fourth-order valence-electron chi connectivity index (χ4n) is 2.54. The Kier molecular flexibility index (Phi) is 6.15. The van der Waals surface area contributed by atoms with Gasteiger partial charge < -0.3 is 9.47 Å². The highest BCUT2D eigenvalue weighted by molar-refractivity contribution is 6.02. The summed E-state index contributed by atoms with van der Waals surface area (Å²) in [4.78, 5) is 24.0. The van der Waals surface area contributed by atoms with E-state index in [-0.39, 0.29) is 13.2 Å². The van der Waals surface area contributed by atoms with Crippen molar-refractivity contribution >= 4 is 22.7 Å². The van der Waals surface area contributed by atoms with Crippen molar-refractivity contribution in [3.8, 4) is 0 Å². The van der Waals surface area contributed by atoms with Crippen molar-refractivity contribution in [2.24, 2.45) is 0 Å². The third kappa shape index (κ3) is 3.25. The number of halogens is 7. The van der Waals surface area contributed by atoms with Crippen LogP contribution in [0.25, 0.3) is 10.8 Å². The molecule has 0 unspecified atom stereocenters. The van der Waals surface area contributed by atoms with E-state index in [0.717, 1.165) is 0 Å². The second-order valence-electron chi connectivity index (χ2n) is 5.30. The summed E-state index contributed by atoms with van der Waals surface area (Å²) in [7, 11) is 0. The average Bonchev–Trinajstić information content (AvgIpc) is 2.64. The standard InChI is InChI=1S/C17H11F7O4/c1-3-27-16(25)8(17(26)28-4-2)7-9(18)5-6(10(19)11(7)20)13(22)15(24)14(23)12(5)21/h8H,3-4H2,1-2H3. The van der Waals surface area contributed by atoms with Crippen LogP contribution in [-0.4, -0.2) is 25.2 Å². The van der Waals surface area contributed by atoms with Crippen molar-refractivity contribution in [1.29, 1.82) is 0 Å². The van der Waals surface area contributed by atoms with Gasteiger partial charge in [-0.25, -0.2) is 30.7 Å². The summed E-state index contributed by atoms with van der Waals surface area (Å²) in [6.07, 6.45) is 0. The van der Waals surface area contributed by atoms with Gasteiger partial charge in [0.15, 0.2) is 40.8 Å². The highest BCUT2D eigenvalue weighted by Gasteiger charge is 2.40. The second kappa shape index (κ2) is 8.03. The number of fused-ring (bicyclic) bond motifs is 1. The molecule has 2 rings (SSSR count). The molecule has 11 heteroatoms. The minimum absolute atomic E-state index is 0.364. The molecule has 0 saturated heterocycles. The zero-order valence-corrected chi connectivity index (χ0v) is 14.3. The molecule has 4 nitrogen and oxygen atoms in total. The van der Waals surface area contributed by atoms with Crippen molar-refractivity contribution in [2.45, 2.75) is 19.8 Å². The van der Waals surface area contributed by atoms with E-state index < -0.39 is 74.9 Å². The van der Waals surface area contributed by atoms with Crippen LogP contribution in [0.2, 0.25) is 0 Å². The van der Waals surface area contributed by atoms with Gasteiger partial charge in [-0.2, -0.15) is 0 Å². The van der Waals surface area contributed by atoms with Crippen LogP contribution in [0.1, 0.15) is 25.3 Å². The number of hydrogen-bond donors (Lipinski definition) is 0. The van der Waals surface area contributed by atoms with Crippen LogP contribution in [0.4, 0.5) is 30.7 Å². The molecule has 2 aromatic rings.